The number of ether oxygens (including phenoxy) is 2. The lowest BCUT2D eigenvalue weighted by Crippen LogP contribution is -2.36. The summed E-state index contributed by atoms with van der Waals surface area (Å²) in [6.07, 6.45) is 1.61. The number of methoxy groups -OCH3 is 1. The predicted molar refractivity (Wildman–Crippen MR) is 105 cm³/mol. The minimum atomic E-state index is 0.315. The third-order valence-electron chi connectivity index (χ3n) is 4.24. The molecule has 1 fully saturated rings. The maximum absolute atomic E-state index is 6.02. The van der Waals surface area contributed by atoms with Crippen molar-refractivity contribution in [3.63, 3.8) is 0 Å². The number of nitrogens with one attached hydrogen (secondary N) is 1. The van der Waals surface area contributed by atoms with Crippen molar-refractivity contribution in [2.24, 2.45) is 5.16 Å². The van der Waals surface area contributed by atoms with Gasteiger partial charge in [-0.3, -0.25) is 0 Å². The minimum absolute atomic E-state index is 0.315. The molecule has 1 aliphatic heterocycles. The second kappa shape index (κ2) is 8.54. The second-order valence-electron chi connectivity index (χ2n) is 5.96. The van der Waals surface area contributed by atoms with Crippen molar-refractivity contribution in [3.8, 4) is 5.75 Å². The van der Waals surface area contributed by atoms with Crippen LogP contribution in [0.15, 0.2) is 29.6 Å². The maximum Gasteiger partial charge on any atom is 0.229 e. The largest absolute Gasteiger partial charge is 0.494 e. The Morgan fingerprint density at radius 3 is 2.74 bits per heavy atom. The zero-order valence-corrected chi connectivity index (χ0v) is 15.7. The number of rotatable bonds is 6. The van der Waals surface area contributed by atoms with E-state index in [9.17, 15) is 0 Å². The van der Waals surface area contributed by atoms with Gasteiger partial charge in [0.15, 0.2) is 0 Å². The Bertz CT molecular complexity index is 821. The average Bonchev–Trinajstić information content (AvgIpc) is 2.69. The van der Waals surface area contributed by atoms with E-state index < -0.39 is 0 Å². The minimum Gasteiger partial charge on any atom is -0.494 e. The lowest BCUT2D eigenvalue weighted by Gasteiger charge is -2.29. The standard InChI is InChI=1S/C18H24N6O3/c1-12(23-26-3)14-11-20-18(22-17(14)19)21-15-5-4-13(10-16(15)25-2)24-6-8-27-9-7-24/h4-5,10-11H,6-9H2,1-3H3,(H3,19,20,21,22). The van der Waals surface area contributed by atoms with Crippen molar-refractivity contribution >= 4 is 28.9 Å². The van der Waals surface area contributed by atoms with Crippen molar-refractivity contribution in [3.05, 3.63) is 30.0 Å². The first-order valence-corrected chi connectivity index (χ1v) is 8.60. The Morgan fingerprint density at radius 2 is 2.07 bits per heavy atom. The summed E-state index contributed by atoms with van der Waals surface area (Å²) in [5.74, 6) is 1.39. The highest BCUT2D eigenvalue weighted by molar-refractivity contribution is 6.01. The number of nitrogen functional groups attached to an aromatic ring is 1. The normalized spacial score (nSPS) is 14.8. The highest BCUT2D eigenvalue weighted by atomic mass is 16.6. The zero-order chi connectivity index (χ0) is 19.2. The fraction of sp³-hybridized carbons (Fsp3) is 0.389. The molecule has 3 rings (SSSR count). The summed E-state index contributed by atoms with van der Waals surface area (Å²) >= 11 is 0. The molecule has 0 spiro atoms. The molecule has 0 atom stereocenters. The molecule has 1 aliphatic rings. The quantitative estimate of drug-likeness (QED) is 0.586. The van der Waals surface area contributed by atoms with Crippen LogP contribution in [0.1, 0.15) is 12.5 Å². The van der Waals surface area contributed by atoms with Crippen molar-refractivity contribution in [1.29, 1.82) is 0 Å². The van der Waals surface area contributed by atoms with Crippen LogP contribution in [-0.2, 0) is 9.57 Å². The molecule has 2 heterocycles. The van der Waals surface area contributed by atoms with Gasteiger partial charge >= 0.3 is 0 Å². The monoisotopic (exact) mass is 372 g/mol. The fourth-order valence-corrected chi connectivity index (χ4v) is 2.84. The van der Waals surface area contributed by atoms with Crippen LogP contribution in [0.4, 0.5) is 23.1 Å². The van der Waals surface area contributed by atoms with E-state index in [0.29, 0.717) is 28.8 Å². The van der Waals surface area contributed by atoms with Crippen molar-refractivity contribution < 1.29 is 14.3 Å². The van der Waals surface area contributed by atoms with Gasteiger partial charge in [-0.1, -0.05) is 5.16 Å². The molecular formula is C18H24N6O3. The van der Waals surface area contributed by atoms with E-state index in [1.807, 2.05) is 18.2 Å². The van der Waals surface area contributed by atoms with Gasteiger partial charge in [-0.25, -0.2) is 4.98 Å². The molecule has 1 aromatic carbocycles. The molecule has 0 saturated carbocycles. The van der Waals surface area contributed by atoms with E-state index in [2.05, 4.69) is 25.3 Å². The Hall–Kier alpha value is -3.07. The van der Waals surface area contributed by atoms with E-state index in [1.165, 1.54) is 7.11 Å². The first-order valence-electron chi connectivity index (χ1n) is 8.60. The lowest BCUT2D eigenvalue weighted by molar-refractivity contribution is 0.122. The topological polar surface area (TPSA) is 107 Å². The van der Waals surface area contributed by atoms with Crippen LogP contribution in [0, 0.1) is 0 Å². The average molecular weight is 372 g/mol. The molecule has 0 amide bonds. The van der Waals surface area contributed by atoms with Crippen LogP contribution >= 0.6 is 0 Å². The summed E-state index contributed by atoms with van der Waals surface area (Å²) in [5, 5.41) is 7.00. The van der Waals surface area contributed by atoms with Gasteiger partial charge in [0.25, 0.3) is 0 Å². The molecule has 1 saturated heterocycles. The molecule has 3 N–H and O–H groups in total. The Balaban J connectivity index is 1.80. The zero-order valence-electron chi connectivity index (χ0n) is 15.7. The summed E-state index contributed by atoms with van der Waals surface area (Å²) in [7, 11) is 3.11. The van der Waals surface area contributed by atoms with Crippen LogP contribution in [-0.4, -0.2) is 56.2 Å². The third kappa shape index (κ3) is 4.37. The van der Waals surface area contributed by atoms with Gasteiger partial charge in [0, 0.05) is 31.0 Å². The number of oxime groups is 1. The van der Waals surface area contributed by atoms with Crippen LogP contribution < -0.4 is 20.7 Å². The maximum atomic E-state index is 6.02. The number of nitrogens with zero attached hydrogens (tertiary/aromatic N) is 4. The molecule has 0 bridgehead atoms. The van der Waals surface area contributed by atoms with Gasteiger partial charge in [0.2, 0.25) is 5.95 Å². The Morgan fingerprint density at radius 1 is 1.30 bits per heavy atom. The van der Waals surface area contributed by atoms with Crippen molar-refractivity contribution in [2.45, 2.75) is 6.92 Å². The van der Waals surface area contributed by atoms with E-state index in [-0.39, 0.29) is 0 Å². The van der Waals surface area contributed by atoms with Crippen LogP contribution in [0.2, 0.25) is 0 Å². The molecule has 144 valence electrons. The van der Waals surface area contributed by atoms with Crippen LogP contribution in [0.25, 0.3) is 0 Å². The van der Waals surface area contributed by atoms with E-state index >= 15 is 0 Å². The van der Waals surface area contributed by atoms with Gasteiger partial charge in [-0.2, -0.15) is 4.98 Å². The lowest BCUT2D eigenvalue weighted by atomic mass is 10.2. The van der Waals surface area contributed by atoms with Crippen molar-refractivity contribution in [2.75, 3.05) is 56.5 Å². The first-order chi connectivity index (χ1) is 13.1. The van der Waals surface area contributed by atoms with Crippen LogP contribution in [0.5, 0.6) is 5.75 Å². The van der Waals surface area contributed by atoms with Gasteiger partial charge in [-0.15, -0.1) is 0 Å². The Kier molecular flexibility index (Phi) is 5.92. The second-order valence-corrected chi connectivity index (χ2v) is 5.96. The molecule has 9 nitrogen and oxygen atoms in total. The van der Waals surface area contributed by atoms with Gasteiger partial charge in [0.1, 0.15) is 18.7 Å². The molecule has 27 heavy (non-hydrogen) atoms. The number of benzene rings is 1. The van der Waals surface area contributed by atoms with E-state index in [4.69, 9.17) is 20.0 Å². The number of nitrogens with two attached hydrogens (primary N) is 1. The molecule has 0 aliphatic carbocycles. The van der Waals surface area contributed by atoms with E-state index in [1.54, 1.807) is 20.2 Å². The molecule has 0 radical (unpaired) electrons. The van der Waals surface area contributed by atoms with Gasteiger partial charge < -0.3 is 30.3 Å². The van der Waals surface area contributed by atoms with Crippen LogP contribution in [0.3, 0.4) is 0 Å². The molecule has 1 aromatic heterocycles. The molecule has 9 heteroatoms. The predicted octanol–water partition coefficient (Wildman–Crippen LogP) is 2.02. The van der Waals surface area contributed by atoms with Gasteiger partial charge in [0.05, 0.1) is 37.3 Å². The van der Waals surface area contributed by atoms with Crippen molar-refractivity contribution in [1.82, 2.24) is 9.97 Å². The fourth-order valence-electron chi connectivity index (χ4n) is 2.84. The summed E-state index contributed by atoms with van der Waals surface area (Å²) in [5.41, 5.74) is 9.09. The number of hydrogen-bond acceptors (Lipinski definition) is 9. The van der Waals surface area contributed by atoms with Gasteiger partial charge in [-0.05, 0) is 19.1 Å². The number of morpholine rings is 1. The number of anilines is 4. The summed E-state index contributed by atoms with van der Waals surface area (Å²) in [4.78, 5) is 15.6. The SMILES string of the molecule is CON=C(C)c1cnc(Nc2ccc(N3CCOCC3)cc2OC)nc1N. The first kappa shape index (κ1) is 18.7. The summed E-state index contributed by atoms with van der Waals surface area (Å²) < 4.78 is 10.9. The molecule has 2 aromatic rings. The number of aromatic nitrogens is 2. The smallest absolute Gasteiger partial charge is 0.229 e. The third-order valence-corrected chi connectivity index (χ3v) is 4.24. The molecular weight excluding hydrogens is 348 g/mol. The van der Waals surface area contributed by atoms with E-state index in [0.717, 1.165) is 37.7 Å². The summed E-state index contributed by atoms with van der Waals surface area (Å²) in [6.45, 7) is 4.96. The Labute approximate surface area is 158 Å². The molecule has 0 unspecified atom stereocenters. The summed E-state index contributed by atoms with van der Waals surface area (Å²) in [6, 6.07) is 5.96. The highest BCUT2D eigenvalue weighted by Gasteiger charge is 2.15. The highest BCUT2D eigenvalue weighted by Crippen LogP contribution is 2.32. The number of hydrogen-bond donors (Lipinski definition) is 2.